The van der Waals surface area contributed by atoms with Crippen LogP contribution in [0.5, 0.6) is 0 Å². The molecule has 110 valence electrons. The molecule has 1 aliphatic heterocycles. The highest BCUT2D eigenvalue weighted by molar-refractivity contribution is 5.97. The summed E-state index contributed by atoms with van der Waals surface area (Å²) in [6, 6.07) is 0.241. The van der Waals surface area contributed by atoms with E-state index in [1.165, 1.54) is 0 Å². The maximum Gasteiger partial charge on any atom is 0.274 e. The average molecular weight is 277 g/mol. The van der Waals surface area contributed by atoms with E-state index in [1.54, 1.807) is 0 Å². The number of nitrogens with zero attached hydrogens (tertiary/aromatic N) is 2. The highest BCUT2D eigenvalue weighted by Crippen LogP contribution is 2.42. The number of piperidine rings is 1. The Labute approximate surface area is 119 Å². The highest BCUT2D eigenvalue weighted by Gasteiger charge is 2.31. The molecule has 0 radical (unpaired) electrons. The number of rotatable bonds is 4. The van der Waals surface area contributed by atoms with E-state index in [-0.39, 0.29) is 11.9 Å². The summed E-state index contributed by atoms with van der Waals surface area (Å²) in [7, 11) is 0. The van der Waals surface area contributed by atoms with Crippen LogP contribution in [0.2, 0.25) is 0 Å². The Kier molecular flexibility index (Phi) is 3.65. The molecule has 6 nitrogen and oxygen atoms in total. The molecule has 2 heterocycles. The van der Waals surface area contributed by atoms with Crippen molar-refractivity contribution in [1.82, 2.24) is 20.4 Å². The van der Waals surface area contributed by atoms with Crippen molar-refractivity contribution in [2.75, 3.05) is 25.4 Å². The van der Waals surface area contributed by atoms with Crippen LogP contribution >= 0.6 is 0 Å². The van der Waals surface area contributed by atoms with Crippen LogP contribution < -0.4 is 11.1 Å². The third-order valence-electron chi connectivity index (χ3n) is 4.40. The van der Waals surface area contributed by atoms with Crippen LogP contribution in [0.3, 0.4) is 0 Å². The average Bonchev–Trinajstić information content (AvgIpc) is 3.22. The van der Waals surface area contributed by atoms with Crippen LogP contribution in [0.25, 0.3) is 0 Å². The summed E-state index contributed by atoms with van der Waals surface area (Å²) >= 11 is 0. The molecule has 1 amide bonds. The number of nitrogens with two attached hydrogens (primary N) is 1. The fourth-order valence-corrected chi connectivity index (χ4v) is 2.87. The maximum atomic E-state index is 12.3. The largest absolute Gasteiger partial charge is 0.395 e. The molecule has 1 aliphatic carbocycles. The van der Waals surface area contributed by atoms with E-state index in [0.29, 0.717) is 17.3 Å². The SMILES string of the molecule is CCN1CCC(NC(=O)c2n[nH]c(C3CC3)c2N)CC1. The number of nitrogens with one attached hydrogen (secondary N) is 2. The second kappa shape index (κ2) is 5.44. The molecule has 3 rings (SSSR count). The molecule has 0 aromatic carbocycles. The fraction of sp³-hybridized carbons (Fsp3) is 0.714. The molecule has 1 aromatic rings. The summed E-state index contributed by atoms with van der Waals surface area (Å²) in [5.74, 6) is 0.345. The lowest BCUT2D eigenvalue weighted by Crippen LogP contribution is -2.44. The Hall–Kier alpha value is -1.56. The Morgan fingerprint density at radius 3 is 2.70 bits per heavy atom. The molecule has 0 unspecified atom stereocenters. The van der Waals surface area contributed by atoms with E-state index in [2.05, 4.69) is 27.3 Å². The second-order valence-electron chi connectivity index (χ2n) is 5.86. The molecule has 6 heteroatoms. The number of carbonyl (C=O) groups excluding carboxylic acids is 1. The minimum Gasteiger partial charge on any atom is -0.395 e. The van der Waals surface area contributed by atoms with Gasteiger partial charge in [-0.05, 0) is 32.2 Å². The smallest absolute Gasteiger partial charge is 0.274 e. The maximum absolute atomic E-state index is 12.3. The van der Waals surface area contributed by atoms with Gasteiger partial charge in [-0.3, -0.25) is 9.89 Å². The number of likely N-dealkylation sites (tertiary alicyclic amines) is 1. The minimum absolute atomic E-state index is 0.138. The van der Waals surface area contributed by atoms with E-state index < -0.39 is 0 Å². The zero-order chi connectivity index (χ0) is 14.1. The third-order valence-corrected chi connectivity index (χ3v) is 4.40. The van der Waals surface area contributed by atoms with Crippen molar-refractivity contribution in [3.05, 3.63) is 11.4 Å². The molecule has 0 bridgehead atoms. The summed E-state index contributed by atoms with van der Waals surface area (Å²) in [4.78, 5) is 14.7. The van der Waals surface area contributed by atoms with E-state index in [1.807, 2.05) is 0 Å². The molecule has 1 saturated heterocycles. The van der Waals surface area contributed by atoms with Gasteiger partial charge < -0.3 is 16.0 Å². The number of carbonyl (C=O) groups is 1. The van der Waals surface area contributed by atoms with E-state index in [4.69, 9.17) is 5.73 Å². The quantitative estimate of drug-likeness (QED) is 0.768. The molecule has 2 aliphatic rings. The number of hydrogen-bond acceptors (Lipinski definition) is 4. The van der Waals surface area contributed by atoms with Crippen LogP contribution in [0.4, 0.5) is 5.69 Å². The molecule has 2 fully saturated rings. The number of aromatic nitrogens is 2. The predicted octanol–water partition coefficient (Wildman–Crippen LogP) is 1.08. The Morgan fingerprint density at radius 1 is 1.40 bits per heavy atom. The van der Waals surface area contributed by atoms with Crippen molar-refractivity contribution in [3.63, 3.8) is 0 Å². The number of hydrogen-bond donors (Lipinski definition) is 3. The van der Waals surface area contributed by atoms with Crippen LogP contribution in [-0.4, -0.2) is 46.7 Å². The Morgan fingerprint density at radius 2 is 2.10 bits per heavy atom. The fourth-order valence-electron chi connectivity index (χ4n) is 2.87. The predicted molar refractivity (Wildman–Crippen MR) is 77.6 cm³/mol. The first-order chi connectivity index (χ1) is 9.69. The summed E-state index contributed by atoms with van der Waals surface area (Å²) < 4.78 is 0. The van der Waals surface area contributed by atoms with Gasteiger partial charge in [0.25, 0.3) is 5.91 Å². The van der Waals surface area contributed by atoms with Gasteiger partial charge in [-0.2, -0.15) is 5.10 Å². The first-order valence-electron chi connectivity index (χ1n) is 7.56. The van der Waals surface area contributed by atoms with Crippen molar-refractivity contribution in [1.29, 1.82) is 0 Å². The monoisotopic (exact) mass is 277 g/mol. The van der Waals surface area contributed by atoms with E-state index in [9.17, 15) is 4.79 Å². The van der Waals surface area contributed by atoms with Crippen LogP contribution in [-0.2, 0) is 0 Å². The van der Waals surface area contributed by atoms with Crippen LogP contribution in [0.1, 0.15) is 54.7 Å². The van der Waals surface area contributed by atoms with Gasteiger partial charge in [0.15, 0.2) is 5.69 Å². The summed E-state index contributed by atoms with van der Waals surface area (Å²) in [6.07, 6.45) is 4.28. The first-order valence-corrected chi connectivity index (χ1v) is 7.56. The van der Waals surface area contributed by atoms with Crippen molar-refractivity contribution < 1.29 is 4.79 Å². The first kappa shape index (κ1) is 13.4. The Bertz CT molecular complexity index is 486. The van der Waals surface area contributed by atoms with Crippen LogP contribution in [0.15, 0.2) is 0 Å². The number of nitrogen functional groups attached to an aromatic ring is 1. The molecule has 1 aromatic heterocycles. The van der Waals surface area contributed by atoms with Crippen molar-refractivity contribution in [2.45, 2.75) is 44.6 Å². The summed E-state index contributed by atoms with van der Waals surface area (Å²) in [5, 5.41) is 10.1. The number of anilines is 1. The van der Waals surface area contributed by atoms with Gasteiger partial charge in [0.2, 0.25) is 0 Å². The highest BCUT2D eigenvalue weighted by atomic mass is 16.2. The lowest BCUT2D eigenvalue weighted by molar-refractivity contribution is 0.0908. The van der Waals surface area contributed by atoms with E-state index in [0.717, 1.165) is 51.0 Å². The Balaban J connectivity index is 1.59. The molecule has 0 spiro atoms. The van der Waals surface area contributed by atoms with Gasteiger partial charge in [-0.25, -0.2) is 0 Å². The lowest BCUT2D eigenvalue weighted by Gasteiger charge is -2.31. The minimum atomic E-state index is -0.138. The standard InChI is InChI=1S/C14H23N5O/c1-2-19-7-5-10(6-8-19)16-14(20)13-11(15)12(17-18-13)9-3-4-9/h9-10H,2-8,15H2,1H3,(H,16,20)(H,17,18). The van der Waals surface area contributed by atoms with Crippen molar-refractivity contribution >= 4 is 11.6 Å². The molecule has 0 atom stereocenters. The normalized spacial score (nSPS) is 21.1. The summed E-state index contributed by atoms with van der Waals surface area (Å²) in [6.45, 7) is 5.34. The van der Waals surface area contributed by atoms with Gasteiger partial charge >= 0.3 is 0 Å². The van der Waals surface area contributed by atoms with Gasteiger partial charge in [0.1, 0.15) is 0 Å². The molecule has 20 heavy (non-hydrogen) atoms. The molecule has 4 N–H and O–H groups in total. The third kappa shape index (κ3) is 2.65. The van der Waals surface area contributed by atoms with Gasteiger partial charge in [0.05, 0.1) is 11.4 Å². The number of amides is 1. The molecular weight excluding hydrogens is 254 g/mol. The van der Waals surface area contributed by atoms with Crippen molar-refractivity contribution in [2.24, 2.45) is 0 Å². The molecular formula is C14H23N5O. The molecule has 1 saturated carbocycles. The number of aromatic amines is 1. The summed E-state index contributed by atoms with van der Waals surface area (Å²) in [5.41, 5.74) is 7.88. The van der Waals surface area contributed by atoms with Gasteiger partial charge in [-0.15, -0.1) is 0 Å². The van der Waals surface area contributed by atoms with Crippen LogP contribution in [0, 0.1) is 0 Å². The van der Waals surface area contributed by atoms with Gasteiger partial charge in [0, 0.05) is 25.0 Å². The second-order valence-corrected chi connectivity index (χ2v) is 5.86. The lowest BCUT2D eigenvalue weighted by atomic mass is 10.0. The number of H-pyrrole nitrogens is 1. The zero-order valence-corrected chi connectivity index (χ0v) is 12.0. The topological polar surface area (TPSA) is 87.0 Å². The van der Waals surface area contributed by atoms with E-state index >= 15 is 0 Å². The zero-order valence-electron chi connectivity index (χ0n) is 12.0. The van der Waals surface area contributed by atoms with Gasteiger partial charge in [-0.1, -0.05) is 6.92 Å². The van der Waals surface area contributed by atoms with Crippen molar-refractivity contribution in [3.8, 4) is 0 Å².